The van der Waals surface area contributed by atoms with E-state index in [-0.39, 0.29) is 24.5 Å². The Morgan fingerprint density at radius 2 is 1.03 bits per heavy atom. The van der Waals surface area contributed by atoms with E-state index in [2.05, 4.69) is 20.9 Å². The van der Waals surface area contributed by atoms with Crippen LogP contribution >= 0.6 is 0 Å². The van der Waals surface area contributed by atoms with Gasteiger partial charge in [-0.1, -0.05) is 12.8 Å². The van der Waals surface area contributed by atoms with Crippen molar-refractivity contribution in [2.75, 3.05) is 13.1 Å². The lowest BCUT2D eigenvalue weighted by Gasteiger charge is -2.25. The summed E-state index contributed by atoms with van der Waals surface area (Å²) in [7, 11) is 0. The molecule has 0 spiro atoms. The fraction of sp³-hybridized carbons (Fsp3) is 0.800. The number of carboxylic acids is 2. The highest BCUT2D eigenvalue weighted by atomic mass is 16.4. The second-order valence-corrected chi connectivity index (χ2v) is 8.33. The minimum Gasteiger partial charge on any atom is -0.481 e. The smallest absolute Gasteiger partial charge is 0.303 e. The van der Waals surface area contributed by atoms with Gasteiger partial charge in [-0.3, -0.25) is 20.4 Å². The molecule has 172 valence electrons. The molecule has 0 aromatic rings. The molecule has 0 aliphatic heterocycles. The number of carboxylic acid groups (broad SMARTS) is 2. The molecule has 0 unspecified atom stereocenters. The van der Waals surface area contributed by atoms with Gasteiger partial charge in [-0.25, -0.2) is 0 Å². The summed E-state index contributed by atoms with van der Waals surface area (Å²) < 4.78 is 0. The minimum absolute atomic E-state index is 0.161. The standard InChI is InChI=1S/C20H38N6O4/c1-19(2,17(21)23-13-9-5-7-11-15(27)28)25-26-20(3,4)18(22)24-14-10-6-8-12-16(29)30/h5-14H2,1-4H3,(H2,21,23)(H2,22,24)(H,27,28)(H,29,30)/b26-25+. The van der Waals surface area contributed by atoms with Crippen molar-refractivity contribution >= 4 is 23.6 Å². The predicted octanol–water partition coefficient (Wildman–Crippen LogP) is 3.42. The predicted molar refractivity (Wildman–Crippen MR) is 117 cm³/mol. The zero-order valence-electron chi connectivity index (χ0n) is 18.7. The molecular formula is C20H38N6O4. The van der Waals surface area contributed by atoms with Gasteiger partial charge in [0.25, 0.3) is 0 Å². The normalized spacial score (nSPS) is 12.0. The van der Waals surface area contributed by atoms with Gasteiger partial charge < -0.3 is 20.8 Å². The van der Waals surface area contributed by atoms with Crippen LogP contribution < -0.4 is 10.6 Å². The number of nitrogens with one attached hydrogen (secondary N) is 4. The van der Waals surface area contributed by atoms with Gasteiger partial charge in [0, 0.05) is 25.9 Å². The highest BCUT2D eigenvalue weighted by Gasteiger charge is 2.28. The van der Waals surface area contributed by atoms with Gasteiger partial charge in [0.2, 0.25) is 0 Å². The van der Waals surface area contributed by atoms with E-state index in [1.807, 2.05) is 0 Å². The molecule has 6 N–H and O–H groups in total. The summed E-state index contributed by atoms with van der Waals surface area (Å²) >= 11 is 0. The Bertz CT molecular complexity index is 564. The zero-order chi connectivity index (χ0) is 23.2. The first kappa shape index (κ1) is 27.5. The van der Waals surface area contributed by atoms with E-state index in [4.69, 9.17) is 21.0 Å². The number of hydrogen-bond acceptors (Lipinski definition) is 6. The van der Waals surface area contributed by atoms with Gasteiger partial charge in [0.15, 0.2) is 0 Å². The molecule has 0 amide bonds. The average molecular weight is 427 g/mol. The van der Waals surface area contributed by atoms with Crippen molar-refractivity contribution in [1.82, 2.24) is 10.6 Å². The number of amidine groups is 2. The Labute approximate surface area is 179 Å². The first-order valence-electron chi connectivity index (χ1n) is 10.4. The number of unbranched alkanes of at least 4 members (excludes halogenated alkanes) is 4. The van der Waals surface area contributed by atoms with E-state index in [0.717, 1.165) is 25.7 Å². The molecule has 0 aliphatic carbocycles. The highest BCUT2D eigenvalue weighted by Crippen LogP contribution is 2.17. The molecule has 0 fully saturated rings. The molecule has 0 bridgehead atoms. The maximum absolute atomic E-state index is 10.5. The lowest BCUT2D eigenvalue weighted by molar-refractivity contribution is -0.138. The third-order valence-corrected chi connectivity index (χ3v) is 4.51. The molecule has 0 saturated heterocycles. The molecule has 0 aromatic heterocycles. The Balaban J connectivity index is 4.35. The van der Waals surface area contributed by atoms with E-state index in [9.17, 15) is 9.59 Å². The Hall–Kier alpha value is -2.52. The van der Waals surface area contributed by atoms with E-state index in [1.165, 1.54) is 0 Å². The molecule has 0 atom stereocenters. The summed E-state index contributed by atoms with van der Waals surface area (Å²) in [6, 6.07) is 0. The lowest BCUT2D eigenvalue weighted by Crippen LogP contribution is -2.43. The van der Waals surface area contributed by atoms with Crippen molar-refractivity contribution in [2.45, 2.75) is 90.1 Å². The zero-order valence-corrected chi connectivity index (χ0v) is 18.7. The minimum atomic E-state index is -0.866. The summed E-state index contributed by atoms with van der Waals surface area (Å²) in [5, 5.41) is 48.2. The number of carbonyl (C=O) groups is 2. The molecular weight excluding hydrogens is 388 g/mol. The maximum atomic E-state index is 10.5. The number of aliphatic carboxylic acids is 2. The number of hydrogen-bond donors (Lipinski definition) is 6. The van der Waals surface area contributed by atoms with Crippen molar-refractivity contribution in [2.24, 2.45) is 10.2 Å². The topological polar surface area (TPSA) is 171 Å². The van der Waals surface area contributed by atoms with Crippen LogP contribution in [0.25, 0.3) is 0 Å². The Morgan fingerprint density at radius 1 is 0.700 bits per heavy atom. The van der Waals surface area contributed by atoms with Crippen molar-refractivity contribution in [1.29, 1.82) is 10.8 Å². The van der Waals surface area contributed by atoms with Gasteiger partial charge in [0.05, 0.1) is 0 Å². The SMILES string of the molecule is CC(C)(/N=N/C(C)(C)C(=N)NCCCCCC(=O)O)C(=N)NCCCCCC(=O)O. The lowest BCUT2D eigenvalue weighted by atomic mass is 10.0. The van der Waals surface area contributed by atoms with Crippen LogP contribution in [0, 0.1) is 10.8 Å². The first-order valence-corrected chi connectivity index (χ1v) is 10.4. The van der Waals surface area contributed by atoms with Gasteiger partial charge in [0.1, 0.15) is 22.7 Å². The highest BCUT2D eigenvalue weighted by molar-refractivity contribution is 5.89. The van der Waals surface area contributed by atoms with Crippen molar-refractivity contribution < 1.29 is 19.8 Å². The maximum Gasteiger partial charge on any atom is 0.303 e. The molecule has 0 heterocycles. The summed E-state index contributed by atoms with van der Waals surface area (Å²) in [4.78, 5) is 21.0. The van der Waals surface area contributed by atoms with Gasteiger partial charge in [-0.05, 0) is 53.4 Å². The Kier molecular flexibility index (Phi) is 12.5. The van der Waals surface area contributed by atoms with Crippen molar-refractivity contribution in [3.05, 3.63) is 0 Å². The van der Waals surface area contributed by atoms with Gasteiger partial charge in [-0.2, -0.15) is 10.2 Å². The van der Waals surface area contributed by atoms with Gasteiger partial charge in [-0.15, -0.1) is 0 Å². The van der Waals surface area contributed by atoms with E-state index in [1.54, 1.807) is 27.7 Å². The molecule has 0 saturated carbocycles. The Morgan fingerprint density at radius 3 is 1.33 bits per heavy atom. The van der Waals surface area contributed by atoms with Crippen LogP contribution in [0.2, 0.25) is 0 Å². The van der Waals surface area contributed by atoms with Crippen LogP contribution in [-0.2, 0) is 9.59 Å². The van der Waals surface area contributed by atoms with E-state index in [0.29, 0.717) is 25.9 Å². The fourth-order valence-electron chi connectivity index (χ4n) is 2.37. The van der Waals surface area contributed by atoms with Crippen LogP contribution in [-0.4, -0.2) is 58.0 Å². The quantitative estimate of drug-likeness (QED) is 0.0955. The molecule has 0 aliphatic rings. The largest absolute Gasteiger partial charge is 0.481 e. The van der Waals surface area contributed by atoms with Crippen LogP contribution in [0.1, 0.15) is 79.1 Å². The monoisotopic (exact) mass is 426 g/mol. The number of azo groups is 1. The van der Waals surface area contributed by atoms with Crippen molar-refractivity contribution in [3.63, 3.8) is 0 Å². The molecule has 0 rings (SSSR count). The fourth-order valence-corrected chi connectivity index (χ4v) is 2.37. The van der Waals surface area contributed by atoms with Gasteiger partial charge >= 0.3 is 11.9 Å². The molecule has 0 aromatic carbocycles. The third-order valence-electron chi connectivity index (χ3n) is 4.51. The van der Waals surface area contributed by atoms with E-state index >= 15 is 0 Å². The average Bonchev–Trinajstić information content (AvgIpc) is 2.64. The summed E-state index contributed by atoms with van der Waals surface area (Å²) in [6.45, 7) is 8.22. The molecule has 10 nitrogen and oxygen atoms in total. The van der Waals surface area contributed by atoms with Crippen LogP contribution in [0.15, 0.2) is 10.2 Å². The van der Waals surface area contributed by atoms with Crippen LogP contribution in [0.5, 0.6) is 0 Å². The molecule has 30 heavy (non-hydrogen) atoms. The summed E-state index contributed by atoms with van der Waals surface area (Å²) in [5.41, 5.74) is -1.73. The van der Waals surface area contributed by atoms with E-state index < -0.39 is 23.0 Å². The number of nitrogens with zero attached hydrogens (tertiary/aromatic N) is 2. The van der Waals surface area contributed by atoms with Crippen LogP contribution in [0.3, 0.4) is 0 Å². The van der Waals surface area contributed by atoms with Crippen LogP contribution in [0.4, 0.5) is 0 Å². The van der Waals surface area contributed by atoms with Crippen molar-refractivity contribution in [3.8, 4) is 0 Å². The second kappa shape index (κ2) is 13.7. The summed E-state index contributed by atoms with van der Waals surface area (Å²) in [5.74, 6) is -1.15. The number of rotatable bonds is 16. The third kappa shape index (κ3) is 12.8. The first-order chi connectivity index (χ1) is 13.9. The second-order valence-electron chi connectivity index (χ2n) is 8.33. The summed E-state index contributed by atoms with van der Waals surface area (Å²) in [6.07, 6.45) is 4.67. The molecule has 10 heteroatoms. The molecule has 0 radical (unpaired) electrons.